The Morgan fingerprint density at radius 1 is 0.962 bits per heavy atom. The maximum Gasteiger partial charge on any atom is 0.124 e. The van der Waals surface area contributed by atoms with Crippen molar-refractivity contribution in [3.63, 3.8) is 0 Å². The summed E-state index contributed by atoms with van der Waals surface area (Å²) in [6.07, 6.45) is 0. The molecule has 3 rings (SSSR count). The summed E-state index contributed by atoms with van der Waals surface area (Å²) in [5, 5.41) is 4.21. The van der Waals surface area contributed by atoms with Crippen LogP contribution >= 0.6 is 43.5 Å². The smallest absolute Gasteiger partial charge is 0.124 e. The average molecular weight is 496 g/mol. The zero-order valence-electron chi connectivity index (χ0n) is 14.2. The van der Waals surface area contributed by atoms with Gasteiger partial charge in [0.2, 0.25) is 0 Å². The molecule has 0 aliphatic rings. The molecule has 1 N–H and O–H groups in total. The Morgan fingerprint density at radius 2 is 1.73 bits per heavy atom. The summed E-state index contributed by atoms with van der Waals surface area (Å²) in [5.74, 6) is 0.857. The zero-order chi connectivity index (χ0) is 18.5. The van der Waals surface area contributed by atoms with Crippen LogP contribution in [0.5, 0.6) is 5.75 Å². The molecule has 26 heavy (non-hydrogen) atoms. The van der Waals surface area contributed by atoms with Gasteiger partial charge in [0.15, 0.2) is 0 Å². The van der Waals surface area contributed by atoms with Crippen LogP contribution in [-0.2, 0) is 13.2 Å². The van der Waals surface area contributed by atoms with Crippen molar-refractivity contribution in [2.24, 2.45) is 0 Å². The van der Waals surface area contributed by atoms with E-state index in [0.29, 0.717) is 13.2 Å². The minimum absolute atomic E-state index is 0.479. The number of anilines is 1. The van der Waals surface area contributed by atoms with Gasteiger partial charge in [-0.15, -0.1) is 0 Å². The molecule has 0 aromatic heterocycles. The number of hydrogen-bond acceptors (Lipinski definition) is 2. The summed E-state index contributed by atoms with van der Waals surface area (Å²) in [6.45, 7) is 3.24. The molecular formula is C21H18Br2ClNO. The number of aryl methyl sites for hydroxylation is 1. The molecule has 0 aliphatic carbocycles. The van der Waals surface area contributed by atoms with Crippen molar-refractivity contribution in [3.05, 3.63) is 91.3 Å². The molecule has 0 spiro atoms. The van der Waals surface area contributed by atoms with Crippen LogP contribution in [0.2, 0.25) is 5.02 Å². The lowest BCUT2D eigenvalue weighted by Crippen LogP contribution is -2.05. The first-order valence-electron chi connectivity index (χ1n) is 8.17. The molecule has 0 aliphatic heterocycles. The molecule has 5 heteroatoms. The fourth-order valence-electron chi connectivity index (χ4n) is 2.63. The van der Waals surface area contributed by atoms with E-state index < -0.39 is 0 Å². The second kappa shape index (κ2) is 8.94. The van der Waals surface area contributed by atoms with Crippen molar-refractivity contribution in [1.29, 1.82) is 0 Å². The molecule has 3 aromatic carbocycles. The van der Waals surface area contributed by atoms with Gasteiger partial charge in [0.1, 0.15) is 12.4 Å². The highest BCUT2D eigenvalue weighted by Gasteiger charge is 2.07. The minimum Gasteiger partial charge on any atom is -0.489 e. The predicted molar refractivity (Wildman–Crippen MR) is 116 cm³/mol. The summed E-state index contributed by atoms with van der Waals surface area (Å²) in [7, 11) is 0. The second-order valence-electron chi connectivity index (χ2n) is 5.98. The van der Waals surface area contributed by atoms with E-state index in [0.717, 1.165) is 36.5 Å². The van der Waals surface area contributed by atoms with Crippen molar-refractivity contribution in [2.75, 3.05) is 5.32 Å². The van der Waals surface area contributed by atoms with Gasteiger partial charge in [-0.2, -0.15) is 0 Å². The Morgan fingerprint density at radius 3 is 2.50 bits per heavy atom. The Kier molecular flexibility index (Phi) is 6.63. The Hall–Kier alpha value is -1.49. The lowest BCUT2D eigenvalue weighted by atomic mass is 10.1. The SMILES string of the molecule is Cc1cc(Br)ccc1NCc1cc(Br)ccc1OCc1cccc(Cl)c1. The summed E-state index contributed by atoms with van der Waals surface area (Å²) >= 11 is 13.1. The first kappa shape index (κ1) is 19.3. The summed E-state index contributed by atoms with van der Waals surface area (Å²) in [4.78, 5) is 0. The monoisotopic (exact) mass is 493 g/mol. The van der Waals surface area contributed by atoms with Crippen LogP contribution in [0.25, 0.3) is 0 Å². The quantitative estimate of drug-likeness (QED) is 0.386. The molecule has 0 radical (unpaired) electrons. The van der Waals surface area contributed by atoms with Gasteiger partial charge in [-0.25, -0.2) is 0 Å². The molecule has 2 nitrogen and oxygen atoms in total. The van der Waals surface area contributed by atoms with E-state index in [1.54, 1.807) is 0 Å². The van der Waals surface area contributed by atoms with Gasteiger partial charge in [-0.05, 0) is 66.6 Å². The van der Waals surface area contributed by atoms with Crippen LogP contribution in [-0.4, -0.2) is 0 Å². The number of halogens is 3. The molecular weight excluding hydrogens is 477 g/mol. The molecule has 134 valence electrons. The molecule has 0 amide bonds. The first-order valence-corrected chi connectivity index (χ1v) is 10.1. The van der Waals surface area contributed by atoms with E-state index in [1.807, 2.05) is 42.5 Å². The van der Waals surface area contributed by atoms with Gasteiger partial charge in [0, 0.05) is 31.8 Å². The highest BCUT2D eigenvalue weighted by atomic mass is 79.9. The molecule has 0 bridgehead atoms. The van der Waals surface area contributed by atoms with Crippen molar-refractivity contribution >= 4 is 49.1 Å². The second-order valence-corrected chi connectivity index (χ2v) is 8.25. The van der Waals surface area contributed by atoms with Crippen LogP contribution in [0, 0.1) is 6.92 Å². The fraction of sp³-hybridized carbons (Fsp3) is 0.143. The number of rotatable bonds is 6. The zero-order valence-corrected chi connectivity index (χ0v) is 18.2. The van der Waals surface area contributed by atoms with E-state index in [9.17, 15) is 0 Å². The highest BCUT2D eigenvalue weighted by molar-refractivity contribution is 9.10. The molecule has 0 saturated heterocycles. The van der Waals surface area contributed by atoms with Crippen LogP contribution in [0.15, 0.2) is 69.6 Å². The molecule has 0 saturated carbocycles. The van der Waals surface area contributed by atoms with Gasteiger partial charge in [0.05, 0.1) is 0 Å². The predicted octanol–water partition coefficient (Wildman–Crippen LogP) is 7.36. The van der Waals surface area contributed by atoms with Crippen LogP contribution < -0.4 is 10.1 Å². The van der Waals surface area contributed by atoms with Crippen LogP contribution in [0.3, 0.4) is 0 Å². The average Bonchev–Trinajstić information content (AvgIpc) is 2.60. The molecule has 3 aromatic rings. The molecule has 0 atom stereocenters. The van der Waals surface area contributed by atoms with Gasteiger partial charge in [-0.1, -0.05) is 55.6 Å². The number of ether oxygens (including phenoxy) is 1. The summed E-state index contributed by atoms with van der Waals surface area (Å²) in [5.41, 5.74) is 4.43. The van der Waals surface area contributed by atoms with Gasteiger partial charge < -0.3 is 10.1 Å². The van der Waals surface area contributed by atoms with E-state index in [4.69, 9.17) is 16.3 Å². The van der Waals surface area contributed by atoms with Crippen LogP contribution in [0.4, 0.5) is 5.69 Å². The summed E-state index contributed by atoms with van der Waals surface area (Å²) in [6, 6.07) is 20.0. The first-order chi connectivity index (χ1) is 12.5. The lowest BCUT2D eigenvalue weighted by molar-refractivity contribution is 0.303. The van der Waals surface area contributed by atoms with Gasteiger partial charge >= 0.3 is 0 Å². The van der Waals surface area contributed by atoms with Gasteiger partial charge in [-0.3, -0.25) is 0 Å². The van der Waals surface area contributed by atoms with Crippen molar-refractivity contribution in [1.82, 2.24) is 0 Å². The number of nitrogens with one attached hydrogen (secondary N) is 1. The standard InChI is InChI=1S/C21H18Br2ClNO/c1-14-9-17(22)5-7-20(14)25-12-16-11-18(23)6-8-21(16)26-13-15-3-2-4-19(24)10-15/h2-11,25H,12-13H2,1H3. The highest BCUT2D eigenvalue weighted by Crippen LogP contribution is 2.27. The van der Waals surface area contributed by atoms with Crippen molar-refractivity contribution in [2.45, 2.75) is 20.1 Å². The Bertz CT molecular complexity index is 914. The van der Waals surface area contributed by atoms with E-state index in [1.165, 1.54) is 5.56 Å². The van der Waals surface area contributed by atoms with Crippen molar-refractivity contribution in [3.8, 4) is 5.75 Å². The number of benzene rings is 3. The molecule has 0 heterocycles. The largest absolute Gasteiger partial charge is 0.489 e. The van der Waals surface area contributed by atoms with Gasteiger partial charge in [0.25, 0.3) is 0 Å². The maximum atomic E-state index is 6.05. The van der Waals surface area contributed by atoms with Crippen molar-refractivity contribution < 1.29 is 4.74 Å². The molecule has 0 fully saturated rings. The topological polar surface area (TPSA) is 21.3 Å². The normalized spacial score (nSPS) is 10.6. The summed E-state index contributed by atoms with van der Waals surface area (Å²) < 4.78 is 8.15. The minimum atomic E-state index is 0.479. The third-order valence-electron chi connectivity index (χ3n) is 3.96. The van der Waals surface area contributed by atoms with E-state index >= 15 is 0 Å². The molecule has 0 unspecified atom stereocenters. The number of hydrogen-bond donors (Lipinski definition) is 1. The lowest BCUT2D eigenvalue weighted by Gasteiger charge is -2.15. The third-order valence-corrected chi connectivity index (χ3v) is 5.19. The maximum absolute atomic E-state index is 6.05. The Balaban J connectivity index is 1.73. The fourth-order valence-corrected chi connectivity index (χ4v) is 3.73. The van der Waals surface area contributed by atoms with E-state index in [2.05, 4.69) is 62.3 Å². The van der Waals surface area contributed by atoms with Crippen LogP contribution in [0.1, 0.15) is 16.7 Å². The third kappa shape index (κ3) is 5.26. The Labute approximate surface area is 175 Å². The van der Waals surface area contributed by atoms with E-state index in [-0.39, 0.29) is 0 Å².